The first-order chi connectivity index (χ1) is 8.58. The Morgan fingerprint density at radius 2 is 1.89 bits per heavy atom. The van der Waals surface area contributed by atoms with Gasteiger partial charge in [0.05, 0.1) is 0 Å². The first-order valence-corrected chi connectivity index (χ1v) is 7.17. The maximum atomic E-state index is 13.1. The van der Waals surface area contributed by atoms with Crippen molar-refractivity contribution in [2.45, 2.75) is 50.7 Å². The standard InChI is InChI=1S/C14H25FN2O/c1-16(2)10-13-4-3-9-17(13)14(18)11-5-7-12(15)8-6-11/h11-13H,3-10H2,1-2H3/t11?,12?,13-/m0/s1. The van der Waals surface area contributed by atoms with Gasteiger partial charge in [-0.05, 0) is 52.6 Å². The number of hydrogen-bond donors (Lipinski definition) is 0. The van der Waals surface area contributed by atoms with Gasteiger partial charge in [0.2, 0.25) is 5.91 Å². The number of rotatable bonds is 3. The van der Waals surface area contributed by atoms with Crippen LogP contribution in [0.1, 0.15) is 38.5 Å². The molecule has 1 heterocycles. The molecule has 4 heteroatoms. The zero-order valence-corrected chi connectivity index (χ0v) is 11.6. The van der Waals surface area contributed by atoms with E-state index in [4.69, 9.17) is 0 Å². The molecular formula is C14H25FN2O. The fraction of sp³-hybridized carbons (Fsp3) is 0.929. The second-order valence-electron chi connectivity index (χ2n) is 6.04. The smallest absolute Gasteiger partial charge is 0.225 e. The van der Waals surface area contributed by atoms with Crippen molar-refractivity contribution < 1.29 is 9.18 Å². The van der Waals surface area contributed by atoms with Crippen molar-refractivity contribution in [1.82, 2.24) is 9.80 Å². The van der Waals surface area contributed by atoms with Gasteiger partial charge in [-0.1, -0.05) is 0 Å². The average molecular weight is 256 g/mol. The summed E-state index contributed by atoms with van der Waals surface area (Å²) < 4.78 is 13.1. The Hall–Kier alpha value is -0.640. The second kappa shape index (κ2) is 6.00. The number of likely N-dealkylation sites (tertiary alicyclic amines) is 1. The van der Waals surface area contributed by atoms with E-state index in [2.05, 4.69) is 23.9 Å². The zero-order chi connectivity index (χ0) is 13.1. The molecule has 0 aromatic rings. The number of hydrogen-bond acceptors (Lipinski definition) is 2. The highest BCUT2D eigenvalue weighted by atomic mass is 19.1. The van der Waals surface area contributed by atoms with Crippen LogP contribution in [0, 0.1) is 5.92 Å². The van der Waals surface area contributed by atoms with Crippen LogP contribution in [0.4, 0.5) is 4.39 Å². The monoisotopic (exact) mass is 256 g/mol. The second-order valence-corrected chi connectivity index (χ2v) is 6.04. The molecule has 104 valence electrons. The number of carbonyl (C=O) groups excluding carboxylic acids is 1. The molecule has 2 fully saturated rings. The van der Waals surface area contributed by atoms with Gasteiger partial charge < -0.3 is 9.80 Å². The summed E-state index contributed by atoms with van der Waals surface area (Å²) >= 11 is 0. The maximum Gasteiger partial charge on any atom is 0.225 e. The van der Waals surface area contributed by atoms with Crippen LogP contribution in [0.3, 0.4) is 0 Å². The Morgan fingerprint density at radius 3 is 2.50 bits per heavy atom. The van der Waals surface area contributed by atoms with Crippen molar-refractivity contribution in [3.8, 4) is 0 Å². The molecule has 0 aromatic heterocycles. The predicted octanol–water partition coefficient (Wildman–Crippen LogP) is 2.07. The highest BCUT2D eigenvalue weighted by Gasteiger charge is 2.35. The fourth-order valence-corrected chi connectivity index (χ4v) is 3.27. The summed E-state index contributed by atoms with van der Waals surface area (Å²) in [4.78, 5) is 16.7. The predicted molar refractivity (Wildman–Crippen MR) is 70.1 cm³/mol. The quantitative estimate of drug-likeness (QED) is 0.772. The van der Waals surface area contributed by atoms with Gasteiger partial charge in [-0.2, -0.15) is 0 Å². The maximum absolute atomic E-state index is 13.1. The average Bonchev–Trinajstić information content (AvgIpc) is 2.76. The summed E-state index contributed by atoms with van der Waals surface area (Å²) in [6.07, 6.45) is 4.18. The molecule has 3 nitrogen and oxygen atoms in total. The minimum Gasteiger partial charge on any atom is -0.338 e. The van der Waals surface area contributed by atoms with Gasteiger partial charge in [0, 0.05) is 25.0 Å². The number of likely N-dealkylation sites (N-methyl/N-ethyl adjacent to an activating group) is 1. The van der Waals surface area contributed by atoms with Crippen molar-refractivity contribution in [1.29, 1.82) is 0 Å². The van der Waals surface area contributed by atoms with Crippen LogP contribution >= 0.6 is 0 Å². The van der Waals surface area contributed by atoms with Gasteiger partial charge in [-0.25, -0.2) is 4.39 Å². The number of halogens is 1. The van der Waals surface area contributed by atoms with E-state index in [1.807, 2.05) is 0 Å². The van der Waals surface area contributed by atoms with E-state index in [-0.39, 0.29) is 11.8 Å². The first kappa shape index (κ1) is 13.8. The highest BCUT2D eigenvalue weighted by Crippen LogP contribution is 2.30. The van der Waals surface area contributed by atoms with E-state index in [0.717, 1.165) is 38.8 Å². The molecule has 2 rings (SSSR count). The van der Waals surface area contributed by atoms with E-state index >= 15 is 0 Å². The molecule has 0 spiro atoms. The Morgan fingerprint density at radius 1 is 1.22 bits per heavy atom. The van der Waals surface area contributed by atoms with Crippen LogP contribution in [0.25, 0.3) is 0 Å². The summed E-state index contributed by atoms with van der Waals surface area (Å²) in [5.41, 5.74) is 0. The molecular weight excluding hydrogens is 231 g/mol. The van der Waals surface area contributed by atoms with Crippen LogP contribution in [0.2, 0.25) is 0 Å². The van der Waals surface area contributed by atoms with Gasteiger partial charge in [-0.3, -0.25) is 4.79 Å². The largest absolute Gasteiger partial charge is 0.338 e. The molecule has 1 amide bonds. The molecule has 0 aromatic carbocycles. The van der Waals surface area contributed by atoms with E-state index in [0.29, 0.717) is 18.9 Å². The molecule has 1 saturated heterocycles. The van der Waals surface area contributed by atoms with E-state index in [9.17, 15) is 9.18 Å². The minimum absolute atomic E-state index is 0.0831. The van der Waals surface area contributed by atoms with Gasteiger partial charge >= 0.3 is 0 Å². The molecule has 1 aliphatic carbocycles. The summed E-state index contributed by atoms with van der Waals surface area (Å²) in [7, 11) is 4.10. The van der Waals surface area contributed by atoms with Crippen LogP contribution in [0.15, 0.2) is 0 Å². The first-order valence-electron chi connectivity index (χ1n) is 7.17. The molecule has 18 heavy (non-hydrogen) atoms. The Bertz CT molecular complexity index is 288. The van der Waals surface area contributed by atoms with Gasteiger partial charge in [-0.15, -0.1) is 0 Å². The lowest BCUT2D eigenvalue weighted by atomic mass is 9.87. The molecule has 0 unspecified atom stereocenters. The third-order valence-electron chi connectivity index (χ3n) is 4.24. The molecule has 0 radical (unpaired) electrons. The van der Waals surface area contributed by atoms with Crippen molar-refractivity contribution in [2.75, 3.05) is 27.2 Å². The molecule has 0 bridgehead atoms. The van der Waals surface area contributed by atoms with Crippen molar-refractivity contribution >= 4 is 5.91 Å². The highest BCUT2D eigenvalue weighted by molar-refractivity contribution is 5.79. The van der Waals surface area contributed by atoms with Gasteiger partial charge in [0.1, 0.15) is 6.17 Å². The van der Waals surface area contributed by atoms with Crippen molar-refractivity contribution in [2.24, 2.45) is 5.92 Å². The van der Waals surface area contributed by atoms with Crippen LogP contribution in [0.5, 0.6) is 0 Å². The molecule has 2 aliphatic rings. The normalized spacial score (nSPS) is 33.1. The van der Waals surface area contributed by atoms with Crippen LogP contribution in [-0.4, -0.2) is 55.1 Å². The zero-order valence-electron chi connectivity index (χ0n) is 11.6. The lowest BCUT2D eigenvalue weighted by molar-refractivity contribution is -0.138. The summed E-state index contributed by atoms with van der Waals surface area (Å²) in [5.74, 6) is 0.367. The number of amides is 1. The van der Waals surface area contributed by atoms with Gasteiger partial charge in [0.25, 0.3) is 0 Å². The van der Waals surface area contributed by atoms with Crippen LogP contribution in [-0.2, 0) is 4.79 Å². The Labute approximate surface area is 109 Å². The Kier molecular flexibility index (Phi) is 4.60. The number of nitrogens with zero attached hydrogens (tertiary/aromatic N) is 2. The van der Waals surface area contributed by atoms with Crippen molar-refractivity contribution in [3.05, 3.63) is 0 Å². The topological polar surface area (TPSA) is 23.6 Å². The number of alkyl halides is 1. The molecule has 0 N–H and O–H groups in total. The Balaban J connectivity index is 1.91. The molecule has 1 aliphatic heterocycles. The number of carbonyl (C=O) groups is 1. The van der Waals surface area contributed by atoms with E-state index in [1.165, 1.54) is 0 Å². The van der Waals surface area contributed by atoms with Gasteiger partial charge in [0.15, 0.2) is 0 Å². The lowest BCUT2D eigenvalue weighted by Crippen LogP contribution is -2.44. The lowest BCUT2D eigenvalue weighted by Gasteiger charge is -2.32. The van der Waals surface area contributed by atoms with E-state index < -0.39 is 6.17 Å². The minimum atomic E-state index is -0.676. The third-order valence-corrected chi connectivity index (χ3v) is 4.24. The SMILES string of the molecule is CN(C)C[C@@H]1CCCN1C(=O)C1CCC(F)CC1. The van der Waals surface area contributed by atoms with Crippen molar-refractivity contribution in [3.63, 3.8) is 0 Å². The summed E-state index contributed by atoms with van der Waals surface area (Å²) in [5, 5.41) is 0. The van der Waals surface area contributed by atoms with E-state index in [1.54, 1.807) is 0 Å². The summed E-state index contributed by atoms with van der Waals surface area (Å²) in [6, 6.07) is 0.371. The fourth-order valence-electron chi connectivity index (χ4n) is 3.27. The van der Waals surface area contributed by atoms with Crippen LogP contribution < -0.4 is 0 Å². The molecule has 1 atom stereocenters. The molecule has 1 saturated carbocycles. The third kappa shape index (κ3) is 3.22. The summed E-state index contributed by atoms with van der Waals surface area (Å²) in [6.45, 7) is 1.84.